The first-order chi connectivity index (χ1) is 11.2. The first-order valence-electron chi connectivity index (χ1n) is 8.15. The van der Waals surface area contributed by atoms with Crippen molar-refractivity contribution in [1.82, 2.24) is 15.1 Å². The highest BCUT2D eigenvalue weighted by atomic mass is 16.5. The molecule has 1 aromatic heterocycles. The molecule has 1 fully saturated rings. The van der Waals surface area contributed by atoms with Crippen molar-refractivity contribution >= 4 is 5.91 Å². The number of carbonyl (C=O) groups is 1. The Balaban J connectivity index is 1.71. The van der Waals surface area contributed by atoms with Crippen molar-refractivity contribution in [3.63, 3.8) is 0 Å². The third-order valence-electron chi connectivity index (χ3n) is 4.59. The molecule has 0 spiro atoms. The van der Waals surface area contributed by atoms with Crippen LogP contribution in [0.15, 0.2) is 42.7 Å². The van der Waals surface area contributed by atoms with Crippen LogP contribution in [0.3, 0.4) is 0 Å². The Labute approximate surface area is 136 Å². The van der Waals surface area contributed by atoms with Gasteiger partial charge in [-0.05, 0) is 36.6 Å². The molecule has 23 heavy (non-hydrogen) atoms. The molecule has 1 aromatic carbocycles. The maximum atomic E-state index is 12.4. The quantitative estimate of drug-likeness (QED) is 0.892. The Kier molecular flexibility index (Phi) is 4.65. The van der Waals surface area contributed by atoms with Gasteiger partial charge in [0.15, 0.2) is 0 Å². The highest BCUT2D eigenvalue weighted by molar-refractivity contribution is 5.77. The van der Waals surface area contributed by atoms with Gasteiger partial charge in [-0.3, -0.25) is 9.48 Å². The van der Waals surface area contributed by atoms with Crippen LogP contribution in [0.4, 0.5) is 0 Å². The van der Waals surface area contributed by atoms with Crippen LogP contribution < -0.4 is 10.1 Å². The Morgan fingerprint density at radius 1 is 1.35 bits per heavy atom. The molecule has 1 N–H and O–H groups in total. The van der Waals surface area contributed by atoms with Crippen LogP contribution in [-0.4, -0.2) is 22.8 Å². The lowest BCUT2D eigenvalue weighted by molar-refractivity contribution is -0.123. The van der Waals surface area contributed by atoms with E-state index in [-0.39, 0.29) is 11.4 Å². The molecular formula is C18H23N3O2. The summed E-state index contributed by atoms with van der Waals surface area (Å²) >= 11 is 0. The third kappa shape index (κ3) is 3.55. The summed E-state index contributed by atoms with van der Waals surface area (Å²) in [5.41, 5.74) is 0.886. The number of hydrogen-bond acceptors (Lipinski definition) is 3. The zero-order chi connectivity index (χ0) is 16.1. The molecule has 0 aliphatic heterocycles. The zero-order valence-electron chi connectivity index (χ0n) is 13.5. The summed E-state index contributed by atoms with van der Waals surface area (Å²) in [6.07, 6.45) is 8.27. The summed E-state index contributed by atoms with van der Waals surface area (Å²) in [6.45, 7) is 0.604. The molecule has 2 aromatic rings. The smallest absolute Gasteiger partial charge is 0.222 e. The van der Waals surface area contributed by atoms with Crippen LogP contribution in [0.5, 0.6) is 5.75 Å². The van der Waals surface area contributed by atoms with E-state index in [0.717, 1.165) is 37.0 Å². The monoisotopic (exact) mass is 313 g/mol. The fourth-order valence-corrected chi connectivity index (χ4v) is 3.36. The van der Waals surface area contributed by atoms with E-state index in [2.05, 4.69) is 16.5 Å². The number of rotatable bonds is 6. The Morgan fingerprint density at radius 2 is 2.17 bits per heavy atom. The van der Waals surface area contributed by atoms with Gasteiger partial charge in [0.05, 0.1) is 12.6 Å². The van der Waals surface area contributed by atoms with Crippen molar-refractivity contribution in [3.8, 4) is 5.75 Å². The van der Waals surface area contributed by atoms with Crippen molar-refractivity contribution in [3.05, 3.63) is 48.3 Å². The van der Waals surface area contributed by atoms with Crippen molar-refractivity contribution in [2.24, 2.45) is 0 Å². The summed E-state index contributed by atoms with van der Waals surface area (Å²) in [4.78, 5) is 12.4. The van der Waals surface area contributed by atoms with Gasteiger partial charge >= 0.3 is 0 Å². The minimum Gasteiger partial charge on any atom is -0.497 e. The lowest BCUT2D eigenvalue weighted by Crippen LogP contribution is -2.44. The summed E-state index contributed by atoms with van der Waals surface area (Å²) in [7, 11) is 1.67. The van der Waals surface area contributed by atoms with Gasteiger partial charge in [-0.25, -0.2) is 0 Å². The lowest BCUT2D eigenvalue weighted by atomic mass is 9.87. The van der Waals surface area contributed by atoms with E-state index in [1.807, 2.05) is 30.5 Å². The van der Waals surface area contributed by atoms with E-state index in [1.54, 1.807) is 18.0 Å². The summed E-state index contributed by atoms with van der Waals surface area (Å²) < 4.78 is 7.12. The average molecular weight is 313 g/mol. The topological polar surface area (TPSA) is 56.1 Å². The summed E-state index contributed by atoms with van der Waals surface area (Å²) in [5.74, 6) is 0.907. The van der Waals surface area contributed by atoms with Gasteiger partial charge in [0, 0.05) is 25.4 Å². The molecular weight excluding hydrogens is 290 g/mol. The molecule has 5 heteroatoms. The number of ether oxygens (including phenoxy) is 1. The Hall–Kier alpha value is -2.30. The zero-order valence-corrected chi connectivity index (χ0v) is 13.5. The summed E-state index contributed by atoms with van der Waals surface area (Å²) in [5, 5.41) is 7.43. The molecule has 0 radical (unpaired) electrons. The van der Waals surface area contributed by atoms with Crippen LogP contribution in [-0.2, 0) is 16.9 Å². The van der Waals surface area contributed by atoms with Crippen molar-refractivity contribution < 1.29 is 9.53 Å². The first kappa shape index (κ1) is 15.6. The van der Waals surface area contributed by atoms with Gasteiger partial charge < -0.3 is 10.1 Å². The number of methoxy groups -OCH3 is 1. The second kappa shape index (κ2) is 6.86. The van der Waals surface area contributed by atoms with Crippen molar-refractivity contribution in [2.75, 3.05) is 7.11 Å². The fraction of sp³-hybridized carbons (Fsp3) is 0.444. The fourth-order valence-electron chi connectivity index (χ4n) is 3.36. The number of amides is 1. The molecule has 0 bridgehead atoms. The van der Waals surface area contributed by atoms with Crippen molar-refractivity contribution in [2.45, 2.75) is 44.2 Å². The number of nitrogens with zero attached hydrogens (tertiary/aromatic N) is 2. The molecule has 1 amide bonds. The Morgan fingerprint density at radius 3 is 2.87 bits per heavy atom. The first-order valence-corrected chi connectivity index (χ1v) is 8.15. The van der Waals surface area contributed by atoms with Gasteiger partial charge in [0.25, 0.3) is 0 Å². The van der Waals surface area contributed by atoms with Gasteiger partial charge in [0.2, 0.25) is 5.91 Å². The molecule has 1 aliphatic rings. The van der Waals surface area contributed by atoms with E-state index in [1.165, 1.54) is 0 Å². The number of nitrogens with one attached hydrogen (secondary N) is 1. The molecule has 1 heterocycles. The molecule has 0 atom stereocenters. The number of aromatic nitrogens is 2. The lowest BCUT2D eigenvalue weighted by Gasteiger charge is -2.31. The van der Waals surface area contributed by atoms with E-state index in [4.69, 9.17) is 4.74 Å². The summed E-state index contributed by atoms with van der Waals surface area (Å²) in [6, 6.07) is 9.92. The van der Waals surface area contributed by atoms with Crippen LogP contribution >= 0.6 is 0 Å². The predicted molar refractivity (Wildman–Crippen MR) is 88.1 cm³/mol. The third-order valence-corrected chi connectivity index (χ3v) is 4.59. The molecule has 0 saturated heterocycles. The number of carbonyl (C=O) groups excluding carboxylic acids is 1. The predicted octanol–water partition coefficient (Wildman–Crippen LogP) is 2.87. The van der Waals surface area contributed by atoms with Gasteiger partial charge in [-0.2, -0.15) is 5.10 Å². The van der Waals surface area contributed by atoms with Crippen LogP contribution in [0.1, 0.15) is 37.7 Å². The van der Waals surface area contributed by atoms with Gasteiger partial charge in [-0.15, -0.1) is 0 Å². The van der Waals surface area contributed by atoms with Crippen LogP contribution in [0.25, 0.3) is 0 Å². The molecule has 3 rings (SSSR count). The molecule has 0 unspecified atom stereocenters. The van der Waals surface area contributed by atoms with E-state index in [0.29, 0.717) is 13.0 Å². The van der Waals surface area contributed by atoms with Crippen LogP contribution in [0.2, 0.25) is 0 Å². The molecule has 1 saturated carbocycles. The number of benzene rings is 1. The minimum absolute atomic E-state index is 0.0743. The standard InChI is InChI=1S/C18H23N3O2/c1-23-16-7-4-6-15(14-16)18(9-2-3-10-18)20-17(22)8-13-21-12-5-11-19-21/h4-7,11-12,14H,2-3,8-10,13H2,1H3,(H,20,22). The highest BCUT2D eigenvalue weighted by Gasteiger charge is 2.37. The van der Waals surface area contributed by atoms with Gasteiger partial charge in [0.1, 0.15) is 5.75 Å². The highest BCUT2D eigenvalue weighted by Crippen LogP contribution is 2.39. The van der Waals surface area contributed by atoms with Gasteiger partial charge in [-0.1, -0.05) is 25.0 Å². The maximum Gasteiger partial charge on any atom is 0.222 e. The normalized spacial score (nSPS) is 16.2. The molecule has 122 valence electrons. The SMILES string of the molecule is COc1cccc(C2(NC(=O)CCn3cccn3)CCCC2)c1. The minimum atomic E-state index is -0.254. The molecule has 1 aliphatic carbocycles. The van der Waals surface area contributed by atoms with Crippen LogP contribution in [0, 0.1) is 0 Å². The van der Waals surface area contributed by atoms with Crippen molar-refractivity contribution in [1.29, 1.82) is 0 Å². The number of hydrogen-bond donors (Lipinski definition) is 1. The maximum absolute atomic E-state index is 12.4. The largest absolute Gasteiger partial charge is 0.497 e. The van der Waals surface area contributed by atoms with E-state index >= 15 is 0 Å². The van der Waals surface area contributed by atoms with E-state index in [9.17, 15) is 4.79 Å². The molecule has 5 nitrogen and oxygen atoms in total. The second-order valence-corrected chi connectivity index (χ2v) is 6.09. The Bertz CT molecular complexity index is 646. The average Bonchev–Trinajstić information content (AvgIpc) is 3.25. The van der Waals surface area contributed by atoms with E-state index < -0.39 is 0 Å². The number of aryl methyl sites for hydroxylation is 1. The second-order valence-electron chi connectivity index (χ2n) is 6.09.